The third kappa shape index (κ3) is 3.92. The van der Waals surface area contributed by atoms with Crippen molar-refractivity contribution in [2.75, 3.05) is 32.8 Å². The maximum absolute atomic E-state index is 12.5. The predicted octanol–water partition coefficient (Wildman–Crippen LogP) is 2.28. The molecule has 6 nitrogen and oxygen atoms in total. The van der Waals surface area contributed by atoms with E-state index in [1.165, 1.54) is 15.6 Å². The molecule has 0 unspecified atom stereocenters. The van der Waals surface area contributed by atoms with Gasteiger partial charge in [0.05, 0.1) is 0 Å². The molecule has 1 aromatic heterocycles. The van der Waals surface area contributed by atoms with Gasteiger partial charge in [-0.1, -0.05) is 18.2 Å². The highest BCUT2D eigenvalue weighted by molar-refractivity contribution is 7.91. The Balaban J connectivity index is 1.55. The molecule has 140 valence electrons. The van der Waals surface area contributed by atoms with E-state index in [1.54, 1.807) is 22.4 Å². The van der Waals surface area contributed by atoms with Crippen LogP contribution in [0.1, 0.15) is 11.1 Å². The van der Waals surface area contributed by atoms with E-state index in [-0.39, 0.29) is 12.5 Å². The monoisotopic (exact) mass is 394 g/mol. The fraction of sp³-hybridized carbons (Fsp3) is 0.389. The second-order valence-electron chi connectivity index (χ2n) is 6.20. The Bertz CT molecular complexity index is 871. The first kappa shape index (κ1) is 18.9. The molecule has 1 amide bonds. The first-order valence-electron chi connectivity index (χ1n) is 8.40. The molecule has 1 fully saturated rings. The summed E-state index contributed by atoms with van der Waals surface area (Å²) in [4.78, 5) is 14.0. The molecule has 1 aliphatic heterocycles. The summed E-state index contributed by atoms with van der Waals surface area (Å²) in [6, 6.07) is 9.08. The molecule has 0 spiro atoms. The normalized spacial score (nSPS) is 15.8. The highest BCUT2D eigenvalue weighted by Crippen LogP contribution is 2.23. The number of hydrogen-bond acceptors (Lipinski definition) is 5. The lowest BCUT2D eigenvalue weighted by atomic mass is 10.1. The number of carbonyl (C=O) groups is 1. The molecule has 0 aliphatic carbocycles. The Morgan fingerprint density at radius 2 is 1.85 bits per heavy atom. The van der Waals surface area contributed by atoms with E-state index in [0.29, 0.717) is 36.1 Å². The summed E-state index contributed by atoms with van der Waals surface area (Å²) in [5, 5.41) is 1.75. The first-order chi connectivity index (χ1) is 12.4. The van der Waals surface area contributed by atoms with Crippen LogP contribution in [-0.2, 0) is 14.8 Å². The second-order valence-corrected chi connectivity index (χ2v) is 9.32. The zero-order valence-corrected chi connectivity index (χ0v) is 16.5. The third-order valence-electron chi connectivity index (χ3n) is 4.59. The van der Waals surface area contributed by atoms with Crippen LogP contribution < -0.4 is 4.74 Å². The number of rotatable bonds is 5. The van der Waals surface area contributed by atoms with Crippen LogP contribution in [0.3, 0.4) is 0 Å². The van der Waals surface area contributed by atoms with E-state index >= 15 is 0 Å². The predicted molar refractivity (Wildman–Crippen MR) is 101 cm³/mol. The van der Waals surface area contributed by atoms with Crippen molar-refractivity contribution in [3.63, 3.8) is 0 Å². The Hall–Kier alpha value is -1.90. The maximum atomic E-state index is 12.5. The van der Waals surface area contributed by atoms with Crippen molar-refractivity contribution in [2.24, 2.45) is 0 Å². The van der Waals surface area contributed by atoms with Crippen molar-refractivity contribution in [1.29, 1.82) is 0 Å². The number of sulfonamides is 1. The van der Waals surface area contributed by atoms with Crippen LogP contribution in [0.15, 0.2) is 39.9 Å². The summed E-state index contributed by atoms with van der Waals surface area (Å²) in [7, 11) is -3.45. The van der Waals surface area contributed by atoms with Crippen molar-refractivity contribution >= 4 is 27.3 Å². The number of hydrogen-bond donors (Lipinski definition) is 0. The summed E-state index contributed by atoms with van der Waals surface area (Å²) >= 11 is 1.21. The quantitative estimate of drug-likeness (QED) is 0.780. The summed E-state index contributed by atoms with van der Waals surface area (Å²) < 4.78 is 32.5. The zero-order chi connectivity index (χ0) is 18.7. The van der Waals surface area contributed by atoms with Crippen molar-refractivity contribution < 1.29 is 17.9 Å². The Labute approximate surface area is 158 Å². The topological polar surface area (TPSA) is 66.9 Å². The van der Waals surface area contributed by atoms with Crippen LogP contribution in [0, 0.1) is 13.8 Å². The van der Waals surface area contributed by atoms with Crippen LogP contribution in [0.2, 0.25) is 0 Å². The standard InChI is InChI=1S/C18H22N2O4S2/c1-14-5-3-6-16(15(14)2)24-13-17(21)19-8-10-20(11-9-19)26(22,23)18-7-4-12-25-18/h3-7,12H,8-11,13H2,1-2H3. The molecule has 1 saturated heterocycles. The Morgan fingerprint density at radius 1 is 1.12 bits per heavy atom. The van der Waals surface area contributed by atoms with Gasteiger partial charge in [0.15, 0.2) is 6.61 Å². The number of piperazine rings is 1. The minimum absolute atomic E-state index is 0.0397. The zero-order valence-electron chi connectivity index (χ0n) is 14.8. The minimum Gasteiger partial charge on any atom is -0.483 e. The lowest BCUT2D eigenvalue weighted by Crippen LogP contribution is -2.51. The van der Waals surface area contributed by atoms with Crippen LogP contribution in [-0.4, -0.2) is 56.3 Å². The highest BCUT2D eigenvalue weighted by Gasteiger charge is 2.30. The van der Waals surface area contributed by atoms with Gasteiger partial charge in [0, 0.05) is 26.2 Å². The molecule has 1 aliphatic rings. The van der Waals surface area contributed by atoms with E-state index in [0.717, 1.165) is 11.1 Å². The molecule has 2 aromatic rings. The number of carbonyl (C=O) groups excluding carboxylic acids is 1. The molecule has 8 heteroatoms. The third-order valence-corrected chi connectivity index (χ3v) is 7.86. The van der Waals surface area contributed by atoms with Gasteiger partial charge in [0.2, 0.25) is 0 Å². The number of ether oxygens (including phenoxy) is 1. The fourth-order valence-corrected chi connectivity index (χ4v) is 5.39. The van der Waals surface area contributed by atoms with Gasteiger partial charge >= 0.3 is 0 Å². The average molecular weight is 395 g/mol. The molecule has 0 saturated carbocycles. The molecule has 3 rings (SSSR count). The first-order valence-corrected chi connectivity index (χ1v) is 10.7. The average Bonchev–Trinajstić information content (AvgIpc) is 3.18. The Kier molecular flexibility index (Phi) is 5.64. The van der Waals surface area contributed by atoms with Gasteiger partial charge in [-0.25, -0.2) is 8.42 Å². The van der Waals surface area contributed by atoms with E-state index in [4.69, 9.17) is 4.74 Å². The molecular formula is C18H22N2O4S2. The number of nitrogens with zero attached hydrogens (tertiary/aromatic N) is 2. The fourth-order valence-electron chi connectivity index (χ4n) is 2.83. The van der Waals surface area contributed by atoms with Crippen molar-refractivity contribution in [2.45, 2.75) is 18.1 Å². The van der Waals surface area contributed by atoms with Gasteiger partial charge in [-0.15, -0.1) is 11.3 Å². The SMILES string of the molecule is Cc1cccc(OCC(=O)N2CCN(S(=O)(=O)c3cccs3)CC2)c1C. The number of amides is 1. The van der Waals surface area contributed by atoms with E-state index < -0.39 is 10.0 Å². The van der Waals surface area contributed by atoms with E-state index in [1.807, 2.05) is 32.0 Å². The van der Waals surface area contributed by atoms with Gasteiger partial charge in [-0.05, 0) is 42.5 Å². The molecule has 0 atom stereocenters. The summed E-state index contributed by atoms with van der Waals surface area (Å²) in [6.45, 7) is 5.27. The molecule has 26 heavy (non-hydrogen) atoms. The summed E-state index contributed by atoms with van der Waals surface area (Å²) in [5.74, 6) is 0.580. The minimum atomic E-state index is -3.45. The maximum Gasteiger partial charge on any atom is 0.260 e. The van der Waals surface area contributed by atoms with E-state index in [9.17, 15) is 13.2 Å². The van der Waals surface area contributed by atoms with E-state index in [2.05, 4.69) is 0 Å². The highest BCUT2D eigenvalue weighted by atomic mass is 32.2. The van der Waals surface area contributed by atoms with Gasteiger partial charge in [0.1, 0.15) is 9.96 Å². The molecule has 0 radical (unpaired) electrons. The summed E-state index contributed by atoms with van der Waals surface area (Å²) in [5.41, 5.74) is 2.13. The van der Waals surface area contributed by atoms with Gasteiger partial charge < -0.3 is 9.64 Å². The largest absolute Gasteiger partial charge is 0.483 e. The summed E-state index contributed by atoms with van der Waals surface area (Å²) in [6.07, 6.45) is 0. The van der Waals surface area contributed by atoms with Crippen LogP contribution in [0.5, 0.6) is 5.75 Å². The lowest BCUT2D eigenvalue weighted by molar-refractivity contribution is -0.134. The number of benzene rings is 1. The molecule has 0 bridgehead atoms. The Morgan fingerprint density at radius 3 is 2.50 bits per heavy atom. The smallest absolute Gasteiger partial charge is 0.260 e. The molecule has 1 aromatic carbocycles. The van der Waals surface area contributed by atoms with Crippen LogP contribution >= 0.6 is 11.3 Å². The van der Waals surface area contributed by atoms with Crippen LogP contribution in [0.4, 0.5) is 0 Å². The number of thiophene rings is 1. The lowest BCUT2D eigenvalue weighted by Gasteiger charge is -2.33. The second kappa shape index (κ2) is 7.77. The van der Waals surface area contributed by atoms with Gasteiger partial charge in [-0.3, -0.25) is 4.79 Å². The van der Waals surface area contributed by atoms with Gasteiger partial charge in [0.25, 0.3) is 15.9 Å². The van der Waals surface area contributed by atoms with Gasteiger partial charge in [-0.2, -0.15) is 4.31 Å². The van der Waals surface area contributed by atoms with Crippen molar-refractivity contribution in [3.05, 3.63) is 46.8 Å². The molecule has 0 N–H and O–H groups in total. The molecule has 2 heterocycles. The number of aryl methyl sites for hydroxylation is 1. The molecular weight excluding hydrogens is 372 g/mol. The van der Waals surface area contributed by atoms with Crippen molar-refractivity contribution in [1.82, 2.24) is 9.21 Å². The van der Waals surface area contributed by atoms with Crippen LogP contribution in [0.25, 0.3) is 0 Å². The van der Waals surface area contributed by atoms with Crippen molar-refractivity contribution in [3.8, 4) is 5.75 Å².